The van der Waals surface area contributed by atoms with E-state index in [1.54, 1.807) is 19.5 Å². The Morgan fingerprint density at radius 3 is 3.00 bits per heavy atom. The fourth-order valence-electron chi connectivity index (χ4n) is 1.96. The van der Waals surface area contributed by atoms with Crippen molar-refractivity contribution in [1.29, 1.82) is 0 Å². The maximum atomic E-state index is 5.35. The number of hydrogen-bond donors (Lipinski definition) is 1. The molecule has 0 aliphatic rings. The summed E-state index contributed by atoms with van der Waals surface area (Å²) in [7, 11) is 1.68. The molecule has 0 saturated carbocycles. The van der Waals surface area contributed by atoms with Crippen LogP contribution in [0.1, 0.15) is 13.3 Å². The maximum absolute atomic E-state index is 5.35. The van der Waals surface area contributed by atoms with Crippen molar-refractivity contribution >= 4 is 11.6 Å². The molecule has 21 heavy (non-hydrogen) atoms. The van der Waals surface area contributed by atoms with Gasteiger partial charge in [0.15, 0.2) is 0 Å². The Bertz CT molecular complexity index is 523. The van der Waals surface area contributed by atoms with Gasteiger partial charge < -0.3 is 19.4 Å². The number of aromatic nitrogens is 4. The Hall–Kier alpha value is -1.86. The Kier molecular flexibility index (Phi) is 6.23. The number of nitrogens with one attached hydrogen (secondary N) is 1. The van der Waals surface area contributed by atoms with Crippen molar-refractivity contribution < 1.29 is 9.47 Å². The Morgan fingerprint density at radius 1 is 1.29 bits per heavy atom. The second-order valence-electron chi connectivity index (χ2n) is 4.60. The summed E-state index contributed by atoms with van der Waals surface area (Å²) in [5, 5.41) is 7.54. The molecule has 116 valence electrons. The van der Waals surface area contributed by atoms with E-state index in [0.29, 0.717) is 6.61 Å². The summed E-state index contributed by atoms with van der Waals surface area (Å²) in [5.41, 5.74) is 0.920. The third kappa shape index (κ3) is 4.87. The van der Waals surface area contributed by atoms with Crippen LogP contribution in [-0.2, 0) is 22.6 Å². The number of ether oxygens (including phenoxy) is 2. The van der Waals surface area contributed by atoms with Crippen LogP contribution in [0.5, 0.6) is 0 Å². The molecule has 0 saturated heterocycles. The van der Waals surface area contributed by atoms with Crippen LogP contribution in [0.25, 0.3) is 0 Å². The fourth-order valence-corrected chi connectivity index (χ4v) is 1.96. The number of anilines is 2. The van der Waals surface area contributed by atoms with Crippen molar-refractivity contribution in [3.8, 4) is 0 Å². The Balaban J connectivity index is 1.87. The highest BCUT2D eigenvalue weighted by Gasteiger charge is 2.05. The monoisotopic (exact) mass is 293 g/mol. The van der Waals surface area contributed by atoms with Gasteiger partial charge in [0.1, 0.15) is 0 Å². The van der Waals surface area contributed by atoms with Gasteiger partial charge in [-0.2, -0.15) is 5.10 Å². The Morgan fingerprint density at radius 2 is 2.19 bits per heavy atom. The van der Waals surface area contributed by atoms with Crippen molar-refractivity contribution in [2.45, 2.75) is 26.4 Å². The molecule has 2 heterocycles. The number of hydrogen-bond acceptors (Lipinski definition) is 5. The predicted octanol–water partition coefficient (Wildman–Crippen LogP) is 1.90. The van der Waals surface area contributed by atoms with Gasteiger partial charge in [0.2, 0.25) is 5.95 Å². The molecule has 0 spiro atoms. The fraction of sp³-hybridized carbons (Fsp3) is 0.571. The topological polar surface area (TPSA) is 66.1 Å². The molecule has 1 N–H and O–H groups in total. The SMILES string of the molecule is CCOCCCn1ccnc1Nc1cnn(CCOC)c1. The van der Waals surface area contributed by atoms with Gasteiger partial charge in [-0.05, 0) is 13.3 Å². The lowest BCUT2D eigenvalue weighted by Crippen LogP contribution is -2.06. The van der Waals surface area contributed by atoms with Crippen LogP contribution < -0.4 is 5.32 Å². The van der Waals surface area contributed by atoms with Gasteiger partial charge in [-0.3, -0.25) is 4.68 Å². The predicted molar refractivity (Wildman–Crippen MR) is 80.7 cm³/mol. The molecule has 0 fully saturated rings. The van der Waals surface area contributed by atoms with Gasteiger partial charge in [0, 0.05) is 45.5 Å². The lowest BCUT2D eigenvalue weighted by atomic mass is 10.4. The third-order valence-corrected chi connectivity index (χ3v) is 3.02. The molecule has 0 bridgehead atoms. The van der Waals surface area contributed by atoms with E-state index in [9.17, 15) is 0 Å². The molecule has 0 aromatic carbocycles. The average molecular weight is 293 g/mol. The van der Waals surface area contributed by atoms with Crippen molar-refractivity contribution in [3.63, 3.8) is 0 Å². The van der Waals surface area contributed by atoms with Gasteiger partial charge in [0.05, 0.1) is 25.0 Å². The minimum atomic E-state index is 0.646. The molecule has 0 aliphatic carbocycles. The summed E-state index contributed by atoms with van der Waals surface area (Å²) < 4.78 is 14.3. The quantitative estimate of drug-likeness (QED) is 0.678. The first-order valence-electron chi connectivity index (χ1n) is 7.20. The summed E-state index contributed by atoms with van der Waals surface area (Å²) in [6.07, 6.45) is 8.45. The molecule has 7 nitrogen and oxygen atoms in total. The summed E-state index contributed by atoms with van der Waals surface area (Å²) >= 11 is 0. The molecule has 0 aliphatic heterocycles. The first kappa shape index (κ1) is 15.5. The van der Waals surface area contributed by atoms with Crippen molar-refractivity contribution in [1.82, 2.24) is 19.3 Å². The molecule has 2 aromatic heterocycles. The lowest BCUT2D eigenvalue weighted by molar-refractivity contribution is 0.142. The molecule has 0 amide bonds. The van der Waals surface area contributed by atoms with E-state index in [-0.39, 0.29) is 0 Å². The molecule has 0 radical (unpaired) electrons. The van der Waals surface area contributed by atoms with Gasteiger partial charge in [-0.15, -0.1) is 0 Å². The van der Waals surface area contributed by atoms with Crippen LogP contribution in [0.15, 0.2) is 24.8 Å². The van der Waals surface area contributed by atoms with E-state index in [1.165, 1.54) is 0 Å². The zero-order chi connectivity index (χ0) is 14.9. The van der Waals surface area contributed by atoms with Crippen LogP contribution in [0.2, 0.25) is 0 Å². The maximum Gasteiger partial charge on any atom is 0.207 e. The molecule has 0 atom stereocenters. The van der Waals surface area contributed by atoms with Gasteiger partial charge in [-0.1, -0.05) is 0 Å². The van der Waals surface area contributed by atoms with Crippen LogP contribution >= 0.6 is 0 Å². The van der Waals surface area contributed by atoms with E-state index in [2.05, 4.69) is 20.0 Å². The van der Waals surface area contributed by atoms with Crippen LogP contribution in [-0.4, -0.2) is 46.3 Å². The lowest BCUT2D eigenvalue weighted by Gasteiger charge is -2.08. The second kappa shape index (κ2) is 8.43. The number of nitrogens with zero attached hydrogens (tertiary/aromatic N) is 4. The van der Waals surface area contributed by atoms with Crippen molar-refractivity contribution in [2.75, 3.05) is 32.2 Å². The zero-order valence-corrected chi connectivity index (χ0v) is 12.7. The van der Waals surface area contributed by atoms with E-state index < -0.39 is 0 Å². The van der Waals surface area contributed by atoms with Gasteiger partial charge in [0.25, 0.3) is 0 Å². The number of aryl methyl sites for hydroxylation is 1. The van der Waals surface area contributed by atoms with Crippen LogP contribution in [0.3, 0.4) is 0 Å². The minimum absolute atomic E-state index is 0.646. The van der Waals surface area contributed by atoms with Crippen LogP contribution in [0.4, 0.5) is 11.6 Å². The highest BCUT2D eigenvalue weighted by molar-refractivity contribution is 5.50. The number of rotatable bonds is 10. The number of methoxy groups -OCH3 is 1. The molecular formula is C14H23N5O2. The summed E-state index contributed by atoms with van der Waals surface area (Å²) in [6.45, 7) is 5.79. The van der Waals surface area contributed by atoms with E-state index in [4.69, 9.17) is 9.47 Å². The highest BCUT2D eigenvalue weighted by atomic mass is 16.5. The molecule has 2 aromatic rings. The summed E-state index contributed by atoms with van der Waals surface area (Å²) in [4.78, 5) is 4.33. The Labute approximate surface area is 124 Å². The van der Waals surface area contributed by atoms with E-state index >= 15 is 0 Å². The largest absolute Gasteiger partial charge is 0.383 e. The van der Waals surface area contributed by atoms with E-state index in [0.717, 1.165) is 44.4 Å². The standard InChI is InChI=1S/C14H23N5O2/c1-3-21-9-4-6-18-7-5-15-14(18)17-13-11-16-19(12-13)8-10-20-2/h5,7,11-12H,3-4,6,8-10H2,1-2H3,(H,15,17). The van der Waals surface area contributed by atoms with Crippen molar-refractivity contribution in [2.24, 2.45) is 0 Å². The second-order valence-corrected chi connectivity index (χ2v) is 4.60. The minimum Gasteiger partial charge on any atom is -0.383 e. The highest BCUT2D eigenvalue weighted by Crippen LogP contribution is 2.14. The smallest absolute Gasteiger partial charge is 0.207 e. The average Bonchev–Trinajstić information content (AvgIpc) is 3.12. The summed E-state index contributed by atoms with van der Waals surface area (Å²) in [5.74, 6) is 0.817. The molecule has 7 heteroatoms. The third-order valence-electron chi connectivity index (χ3n) is 3.02. The van der Waals surface area contributed by atoms with Gasteiger partial charge in [-0.25, -0.2) is 4.98 Å². The zero-order valence-electron chi connectivity index (χ0n) is 12.7. The van der Waals surface area contributed by atoms with E-state index in [1.807, 2.05) is 24.0 Å². The molecular weight excluding hydrogens is 270 g/mol. The van der Waals surface area contributed by atoms with Gasteiger partial charge >= 0.3 is 0 Å². The van der Waals surface area contributed by atoms with Crippen LogP contribution in [0, 0.1) is 0 Å². The first-order valence-corrected chi connectivity index (χ1v) is 7.20. The first-order chi connectivity index (χ1) is 10.3. The number of imidazole rings is 1. The normalized spacial score (nSPS) is 11.0. The molecule has 0 unspecified atom stereocenters. The molecule has 2 rings (SSSR count). The summed E-state index contributed by atoms with van der Waals surface area (Å²) in [6, 6.07) is 0. The van der Waals surface area contributed by atoms with Crippen molar-refractivity contribution in [3.05, 3.63) is 24.8 Å².